The van der Waals surface area contributed by atoms with Crippen molar-refractivity contribution in [1.29, 1.82) is 0 Å². The molecule has 17 heavy (non-hydrogen) atoms. The molecule has 0 bridgehead atoms. The minimum absolute atomic E-state index is 0.645. The summed E-state index contributed by atoms with van der Waals surface area (Å²) in [5.41, 5.74) is 1.28. The van der Waals surface area contributed by atoms with Crippen molar-refractivity contribution in [2.75, 3.05) is 13.6 Å². The van der Waals surface area contributed by atoms with Crippen molar-refractivity contribution in [2.45, 2.75) is 52.7 Å². The van der Waals surface area contributed by atoms with Gasteiger partial charge in [0.2, 0.25) is 0 Å². The highest BCUT2D eigenvalue weighted by atomic mass is 16.3. The van der Waals surface area contributed by atoms with Crippen molar-refractivity contribution < 1.29 is 4.42 Å². The first kappa shape index (κ1) is 14.3. The van der Waals surface area contributed by atoms with Gasteiger partial charge in [0.25, 0.3) is 0 Å². The largest absolute Gasteiger partial charge is 0.468 e. The van der Waals surface area contributed by atoms with Crippen LogP contribution in [-0.2, 0) is 13.1 Å². The maximum absolute atomic E-state index is 5.59. The summed E-state index contributed by atoms with van der Waals surface area (Å²) in [4.78, 5) is 2.38. The van der Waals surface area contributed by atoms with Crippen LogP contribution in [0.4, 0.5) is 0 Å². The Morgan fingerprint density at radius 2 is 2.00 bits per heavy atom. The molecule has 0 aliphatic rings. The van der Waals surface area contributed by atoms with Crippen LogP contribution in [0, 0.1) is 0 Å². The molecule has 3 nitrogen and oxygen atoms in total. The van der Waals surface area contributed by atoms with E-state index >= 15 is 0 Å². The first-order chi connectivity index (χ1) is 8.22. The van der Waals surface area contributed by atoms with Crippen molar-refractivity contribution in [1.82, 2.24) is 10.2 Å². The van der Waals surface area contributed by atoms with E-state index in [2.05, 4.69) is 44.1 Å². The van der Waals surface area contributed by atoms with Gasteiger partial charge in [-0.1, -0.05) is 20.8 Å². The summed E-state index contributed by atoms with van der Waals surface area (Å²) < 4.78 is 5.59. The van der Waals surface area contributed by atoms with E-state index in [0.29, 0.717) is 6.04 Å². The summed E-state index contributed by atoms with van der Waals surface area (Å²) >= 11 is 0. The standard InChI is InChI=1S/C14H26N2O/c1-5-13(6-2)16(4)11-14-12(8-9-17-14)10-15-7-3/h8-9,13,15H,5-7,10-11H2,1-4H3. The molecular formula is C14H26N2O. The fourth-order valence-electron chi connectivity index (χ4n) is 2.19. The van der Waals surface area contributed by atoms with Crippen molar-refractivity contribution in [3.63, 3.8) is 0 Å². The Labute approximate surface area is 105 Å². The Kier molecular flexibility index (Phi) is 6.30. The maximum atomic E-state index is 5.59. The molecule has 1 N–H and O–H groups in total. The second-order valence-electron chi connectivity index (χ2n) is 4.53. The first-order valence-corrected chi connectivity index (χ1v) is 6.69. The Balaban J connectivity index is 2.58. The Hall–Kier alpha value is -0.800. The summed E-state index contributed by atoms with van der Waals surface area (Å²) in [5, 5.41) is 3.34. The van der Waals surface area contributed by atoms with Crippen LogP contribution >= 0.6 is 0 Å². The third-order valence-electron chi connectivity index (χ3n) is 3.36. The van der Waals surface area contributed by atoms with Crippen LogP contribution in [0.15, 0.2) is 16.7 Å². The lowest BCUT2D eigenvalue weighted by molar-refractivity contribution is 0.204. The summed E-state index contributed by atoms with van der Waals surface area (Å²) in [7, 11) is 2.18. The Morgan fingerprint density at radius 1 is 1.29 bits per heavy atom. The van der Waals surface area contributed by atoms with Crippen LogP contribution in [0.1, 0.15) is 44.9 Å². The molecule has 1 heterocycles. The predicted octanol–water partition coefficient (Wildman–Crippen LogP) is 3.01. The van der Waals surface area contributed by atoms with E-state index in [1.807, 2.05) is 0 Å². The molecule has 98 valence electrons. The van der Waals surface area contributed by atoms with E-state index in [-0.39, 0.29) is 0 Å². The molecule has 0 aromatic carbocycles. The molecule has 0 saturated carbocycles. The highest BCUT2D eigenvalue weighted by Gasteiger charge is 2.14. The second-order valence-corrected chi connectivity index (χ2v) is 4.53. The van der Waals surface area contributed by atoms with Gasteiger partial charge in [-0.25, -0.2) is 0 Å². The maximum Gasteiger partial charge on any atom is 0.122 e. The van der Waals surface area contributed by atoms with Crippen LogP contribution in [0.25, 0.3) is 0 Å². The zero-order valence-electron chi connectivity index (χ0n) is 11.6. The monoisotopic (exact) mass is 238 g/mol. The summed E-state index contributed by atoms with van der Waals surface area (Å²) in [5.74, 6) is 1.10. The lowest BCUT2D eigenvalue weighted by atomic mass is 10.1. The van der Waals surface area contributed by atoms with Crippen LogP contribution in [0.5, 0.6) is 0 Å². The molecule has 1 rings (SSSR count). The van der Waals surface area contributed by atoms with Crippen molar-refractivity contribution in [3.05, 3.63) is 23.7 Å². The average molecular weight is 238 g/mol. The van der Waals surface area contributed by atoms with Crippen molar-refractivity contribution in [2.24, 2.45) is 0 Å². The average Bonchev–Trinajstić information content (AvgIpc) is 2.75. The van der Waals surface area contributed by atoms with Crippen molar-refractivity contribution >= 4 is 0 Å². The van der Waals surface area contributed by atoms with Crippen LogP contribution in [-0.4, -0.2) is 24.5 Å². The van der Waals surface area contributed by atoms with Gasteiger partial charge in [-0.15, -0.1) is 0 Å². The number of rotatable bonds is 8. The third kappa shape index (κ3) is 4.17. The molecule has 0 aliphatic carbocycles. The van der Waals surface area contributed by atoms with Gasteiger partial charge in [0.05, 0.1) is 12.8 Å². The van der Waals surface area contributed by atoms with E-state index in [1.54, 1.807) is 6.26 Å². The number of hydrogen-bond acceptors (Lipinski definition) is 3. The van der Waals surface area contributed by atoms with Gasteiger partial charge in [-0.3, -0.25) is 4.90 Å². The number of nitrogens with one attached hydrogen (secondary N) is 1. The molecular weight excluding hydrogens is 212 g/mol. The highest BCUT2D eigenvalue weighted by Crippen LogP contribution is 2.16. The minimum atomic E-state index is 0.645. The molecule has 0 spiro atoms. The quantitative estimate of drug-likeness (QED) is 0.754. The van der Waals surface area contributed by atoms with Crippen LogP contribution in [0.3, 0.4) is 0 Å². The van der Waals surface area contributed by atoms with Gasteiger partial charge in [-0.2, -0.15) is 0 Å². The zero-order valence-corrected chi connectivity index (χ0v) is 11.6. The molecule has 0 fully saturated rings. The summed E-state index contributed by atoms with van der Waals surface area (Å²) in [6, 6.07) is 2.71. The summed E-state index contributed by atoms with van der Waals surface area (Å²) in [6.07, 6.45) is 4.18. The number of furan rings is 1. The molecule has 1 aromatic heterocycles. The highest BCUT2D eigenvalue weighted by molar-refractivity contribution is 5.16. The molecule has 3 heteroatoms. The van der Waals surface area contributed by atoms with Gasteiger partial charge < -0.3 is 9.73 Å². The Morgan fingerprint density at radius 3 is 2.59 bits per heavy atom. The molecule has 0 saturated heterocycles. The molecule has 0 radical (unpaired) electrons. The second kappa shape index (κ2) is 7.51. The van der Waals surface area contributed by atoms with E-state index in [1.165, 1.54) is 18.4 Å². The van der Waals surface area contributed by atoms with Gasteiger partial charge >= 0.3 is 0 Å². The van der Waals surface area contributed by atoms with Gasteiger partial charge in [-0.05, 0) is 32.5 Å². The van der Waals surface area contributed by atoms with Gasteiger partial charge in [0.15, 0.2) is 0 Å². The summed E-state index contributed by atoms with van der Waals surface area (Å²) in [6.45, 7) is 9.40. The lowest BCUT2D eigenvalue weighted by Crippen LogP contribution is -2.30. The number of hydrogen-bond donors (Lipinski definition) is 1. The molecule has 0 amide bonds. The van der Waals surface area contributed by atoms with Gasteiger partial charge in [0.1, 0.15) is 5.76 Å². The van der Waals surface area contributed by atoms with Crippen LogP contribution < -0.4 is 5.32 Å². The lowest BCUT2D eigenvalue weighted by Gasteiger charge is -2.25. The minimum Gasteiger partial charge on any atom is -0.468 e. The van der Waals surface area contributed by atoms with E-state index in [9.17, 15) is 0 Å². The van der Waals surface area contributed by atoms with E-state index < -0.39 is 0 Å². The number of nitrogens with zero attached hydrogens (tertiary/aromatic N) is 1. The van der Waals surface area contributed by atoms with E-state index in [4.69, 9.17) is 4.42 Å². The molecule has 0 unspecified atom stereocenters. The third-order valence-corrected chi connectivity index (χ3v) is 3.36. The predicted molar refractivity (Wildman–Crippen MR) is 71.9 cm³/mol. The van der Waals surface area contributed by atoms with Crippen molar-refractivity contribution in [3.8, 4) is 0 Å². The fourth-order valence-corrected chi connectivity index (χ4v) is 2.19. The van der Waals surface area contributed by atoms with E-state index in [0.717, 1.165) is 25.4 Å². The molecule has 0 atom stereocenters. The molecule has 1 aromatic rings. The molecule has 0 aliphatic heterocycles. The zero-order chi connectivity index (χ0) is 12.7. The normalized spacial score (nSPS) is 11.6. The fraction of sp³-hybridized carbons (Fsp3) is 0.714. The topological polar surface area (TPSA) is 28.4 Å². The SMILES string of the molecule is CCNCc1ccoc1CN(C)C(CC)CC. The Bertz CT molecular complexity index is 305. The van der Waals surface area contributed by atoms with Crippen LogP contribution in [0.2, 0.25) is 0 Å². The van der Waals surface area contributed by atoms with Gasteiger partial charge in [0, 0.05) is 18.2 Å². The smallest absolute Gasteiger partial charge is 0.122 e. The first-order valence-electron chi connectivity index (χ1n) is 6.69.